The van der Waals surface area contributed by atoms with Gasteiger partial charge in [-0.2, -0.15) is 4.98 Å². The largest absolute Gasteiger partial charge is 0.393 e. The fraction of sp³-hybridized carbons (Fsp3) is 0.586. The third-order valence-electron chi connectivity index (χ3n) is 8.12. The number of carbonyl (C=O) groups is 1. The van der Waals surface area contributed by atoms with Crippen molar-refractivity contribution < 1.29 is 9.90 Å². The second-order valence-electron chi connectivity index (χ2n) is 11.0. The normalized spacial score (nSPS) is 21.8. The van der Waals surface area contributed by atoms with Gasteiger partial charge < -0.3 is 19.9 Å². The van der Waals surface area contributed by atoms with E-state index in [-0.39, 0.29) is 12.0 Å². The fourth-order valence-corrected chi connectivity index (χ4v) is 6.04. The summed E-state index contributed by atoms with van der Waals surface area (Å²) >= 11 is 0. The first-order chi connectivity index (χ1) is 17.9. The Morgan fingerprint density at radius 1 is 1.16 bits per heavy atom. The van der Waals surface area contributed by atoms with Crippen LogP contribution in [0.5, 0.6) is 0 Å². The molecule has 1 atom stereocenters. The summed E-state index contributed by atoms with van der Waals surface area (Å²) in [6, 6.07) is 4.33. The maximum Gasteiger partial charge on any atom is 0.253 e. The van der Waals surface area contributed by atoms with E-state index >= 15 is 0 Å². The molecular weight excluding hydrogens is 464 g/mol. The molecule has 0 bridgehead atoms. The molecule has 8 heteroatoms. The van der Waals surface area contributed by atoms with E-state index in [1.165, 1.54) is 5.56 Å². The molecule has 4 heterocycles. The predicted octanol–water partition coefficient (Wildman–Crippen LogP) is 5.23. The molecule has 0 radical (unpaired) electrons. The Kier molecular flexibility index (Phi) is 7.74. The van der Waals surface area contributed by atoms with Crippen LogP contribution in [0, 0.1) is 6.92 Å². The number of piperidine rings is 1. The van der Waals surface area contributed by atoms with Crippen LogP contribution in [0.4, 0.5) is 5.95 Å². The number of hydrogen-bond acceptors (Lipinski definition) is 6. The highest BCUT2D eigenvalue weighted by Gasteiger charge is 2.29. The molecule has 198 valence electrons. The number of aliphatic hydroxyl groups excluding tert-OH is 1. The van der Waals surface area contributed by atoms with Crippen molar-refractivity contribution >= 4 is 22.9 Å². The van der Waals surface area contributed by atoms with Crippen molar-refractivity contribution in [2.24, 2.45) is 0 Å². The molecule has 2 aliphatic rings. The SMILES string of the molecule is CCCC(C)Nc1ncc2c(C3CCN(C(=O)c4ccnc(C)c4)CC3)cn(C3CCC(O)CC3)c2n1. The molecule has 0 aromatic carbocycles. The molecule has 5 rings (SSSR count). The molecule has 1 amide bonds. The van der Waals surface area contributed by atoms with Crippen molar-refractivity contribution in [1.29, 1.82) is 0 Å². The zero-order valence-electron chi connectivity index (χ0n) is 22.4. The molecule has 1 saturated heterocycles. The summed E-state index contributed by atoms with van der Waals surface area (Å²) in [6.07, 6.45) is 13.4. The maximum atomic E-state index is 13.1. The molecular formula is C29H40N6O2. The van der Waals surface area contributed by atoms with Crippen LogP contribution in [0.15, 0.2) is 30.7 Å². The Morgan fingerprint density at radius 3 is 2.62 bits per heavy atom. The van der Waals surface area contributed by atoms with Gasteiger partial charge in [-0.05, 0) is 82.4 Å². The minimum atomic E-state index is -0.189. The molecule has 2 fully saturated rings. The van der Waals surface area contributed by atoms with Crippen molar-refractivity contribution in [2.75, 3.05) is 18.4 Å². The summed E-state index contributed by atoms with van der Waals surface area (Å²) in [6.45, 7) is 7.75. The molecule has 3 aromatic rings. The smallest absolute Gasteiger partial charge is 0.253 e. The van der Waals surface area contributed by atoms with Gasteiger partial charge in [0.25, 0.3) is 5.91 Å². The van der Waals surface area contributed by atoms with Gasteiger partial charge in [-0.1, -0.05) is 13.3 Å². The van der Waals surface area contributed by atoms with E-state index in [4.69, 9.17) is 9.97 Å². The highest BCUT2D eigenvalue weighted by molar-refractivity contribution is 5.94. The van der Waals surface area contributed by atoms with Crippen molar-refractivity contribution in [3.8, 4) is 0 Å². The van der Waals surface area contributed by atoms with Crippen LogP contribution in [0.3, 0.4) is 0 Å². The predicted molar refractivity (Wildman–Crippen MR) is 146 cm³/mol. The van der Waals surface area contributed by atoms with Gasteiger partial charge in [0, 0.05) is 60.4 Å². The average molecular weight is 505 g/mol. The van der Waals surface area contributed by atoms with Crippen molar-refractivity contribution in [3.63, 3.8) is 0 Å². The van der Waals surface area contributed by atoms with Gasteiger partial charge in [-0.3, -0.25) is 9.78 Å². The Hall–Kier alpha value is -3.00. The second-order valence-corrected chi connectivity index (χ2v) is 11.0. The summed E-state index contributed by atoms with van der Waals surface area (Å²) in [5.74, 6) is 1.14. The Labute approximate surface area is 219 Å². The number of nitrogens with one attached hydrogen (secondary N) is 1. The topological polar surface area (TPSA) is 96.2 Å². The first kappa shape index (κ1) is 25.6. The lowest BCUT2D eigenvalue weighted by atomic mass is 9.89. The quantitative estimate of drug-likeness (QED) is 0.457. The van der Waals surface area contributed by atoms with E-state index in [1.807, 2.05) is 24.1 Å². The van der Waals surface area contributed by atoms with E-state index < -0.39 is 0 Å². The molecule has 3 aromatic heterocycles. The monoisotopic (exact) mass is 504 g/mol. The molecule has 2 N–H and O–H groups in total. The van der Waals surface area contributed by atoms with Crippen LogP contribution in [-0.4, -0.2) is 60.7 Å². The van der Waals surface area contributed by atoms with Crippen molar-refractivity contribution in [3.05, 3.63) is 47.5 Å². The maximum absolute atomic E-state index is 13.1. The number of aryl methyl sites for hydroxylation is 1. The molecule has 1 aliphatic carbocycles. The highest BCUT2D eigenvalue weighted by Crippen LogP contribution is 2.38. The molecule has 1 aliphatic heterocycles. The van der Waals surface area contributed by atoms with E-state index in [1.54, 1.807) is 12.3 Å². The highest BCUT2D eigenvalue weighted by atomic mass is 16.3. The minimum absolute atomic E-state index is 0.0902. The summed E-state index contributed by atoms with van der Waals surface area (Å²) in [4.78, 5) is 29.0. The first-order valence-corrected chi connectivity index (χ1v) is 14.0. The van der Waals surface area contributed by atoms with E-state index in [2.05, 4.69) is 34.9 Å². The van der Waals surface area contributed by atoms with Crippen molar-refractivity contribution in [2.45, 2.75) is 96.2 Å². The van der Waals surface area contributed by atoms with Crippen LogP contribution in [0.2, 0.25) is 0 Å². The number of likely N-dealkylation sites (tertiary alicyclic amines) is 1. The molecule has 8 nitrogen and oxygen atoms in total. The zero-order valence-corrected chi connectivity index (χ0v) is 22.4. The lowest BCUT2D eigenvalue weighted by Gasteiger charge is -2.32. The van der Waals surface area contributed by atoms with Gasteiger partial charge in [0.1, 0.15) is 5.65 Å². The van der Waals surface area contributed by atoms with E-state index in [0.29, 0.717) is 29.5 Å². The summed E-state index contributed by atoms with van der Waals surface area (Å²) in [5, 5.41) is 14.7. The van der Waals surface area contributed by atoms with Gasteiger partial charge in [0.05, 0.1) is 6.10 Å². The number of rotatable bonds is 7. The number of pyridine rings is 1. The summed E-state index contributed by atoms with van der Waals surface area (Å²) in [5.41, 5.74) is 3.86. The number of hydrogen-bond donors (Lipinski definition) is 2. The number of anilines is 1. The van der Waals surface area contributed by atoms with Crippen LogP contribution < -0.4 is 5.32 Å². The van der Waals surface area contributed by atoms with Crippen LogP contribution in [0.1, 0.15) is 98.8 Å². The number of amides is 1. The van der Waals surface area contributed by atoms with Crippen LogP contribution in [0.25, 0.3) is 11.0 Å². The summed E-state index contributed by atoms with van der Waals surface area (Å²) < 4.78 is 2.35. The Bertz CT molecular complexity index is 1220. The van der Waals surface area contributed by atoms with E-state index in [9.17, 15) is 9.90 Å². The number of aliphatic hydroxyl groups is 1. The summed E-state index contributed by atoms with van der Waals surface area (Å²) in [7, 11) is 0. The van der Waals surface area contributed by atoms with Gasteiger partial charge in [-0.25, -0.2) is 4.98 Å². The first-order valence-electron chi connectivity index (χ1n) is 14.0. The second kappa shape index (κ2) is 11.2. The third kappa shape index (κ3) is 5.64. The fourth-order valence-electron chi connectivity index (χ4n) is 6.04. The standard InChI is InChI=1S/C29H40N6O2/c1-4-5-19(2)32-29-31-17-25-26(18-35(27(25)33-29)23-6-8-24(36)9-7-23)21-11-14-34(15-12-21)28(37)22-10-13-30-20(3)16-22/h10,13,16-19,21,23-24,36H,4-9,11-12,14-15H2,1-3H3,(H,31,32,33). The third-order valence-corrected chi connectivity index (χ3v) is 8.12. The van der Waals surface area contributed by atoms with Gasteiger partial charge >= 0.3 is 0 Å². The Balaban J connectivity index is 1.38. The van der Waals surface area contributed by atoms with Crippen molar-refractivity contribution in [1.82, 2.24) is 24.4 Å². The van der Waals surface area contributed by atoms with Gasteiger partial charge in [-0.15, -0.1) is 0 Å². The molecule has 1 saturated carbocycles. The number of carbonyl (C=O) groups excluding carboxylic acids is 1. The van der Waals surface area contributed by atoms with Gasteiger partial charge in [0.15, 0.2) is 0 Å². The lowest BCUT2D eigenvalue weighted by Crippen LogP contribution is -2.38. The van der Waals surface area contributed by atoms with Crippen LogP contribution >= 0.6 is 0 Å². The number of aromatic nitrogens is 4. The number of nitrogens with zero attached hydrogens (tertiary/aromatic N) is 5. The van der Waals surface area contributed by atoms with Gasteiger partial charge in [0.2, 0.25) is 5.95 Å². The lowest BCUT2D eigenvalue weighted by molar-refractivity contribution is 0.0713. The van der Waals surface area contributed by atoms with E-state index in [0.717, 1.165) is 81.2 Å². The zero-order chi connectivity index (χ0) is 25.9. The Morgan fingerprint density at radius 2 is 1.92 bits per heavy atom. The van der Waals surface area contributed by atoms with Crippen LogP contribution in [-0.2, 0) is 0 Å². The average Bonchev–Trinajstić information content (AvgIpc) is 3.28. The minimum Gasteiger partial charge on any atom is -0.393 e. The number of fused-ring (bicyclic) bond motifs is 1. The molecule has 37 heavy (non-hydrogen) atoms. The molecule has 1 unspecified atom stereocenters. The molecule has 0 spiro atoms.